The lowest BCUT2D eigenvalue weighted by Crippen LogP contribution is -2.31. The molecule has 1 aliphatic carbocycles. The van der Waals surface area contributed by atoms with Gasteiger partial charge in [-0.2, -0.15) is 0 Å². The smallest absolute Gasteiger partial charge is 0.409 e. The van der Waals surface area contributed by atoms with Crippen molar-refractivity contribution in [2.24, 2.45) is 5.92 Å². The molecule has 2 aliphatic rings. The van der Waals surface area contributed by atoms with Crippen LogP contribution in [-0.2, 0) is 16.0 Å². The van der Waals surface area contributed by atoms with Crippen molar-refractivity contribution in [3.63, 3.8) is 0 Å². The summed E-state index contributed by atoms with van der Waals surface area (Å²) in [5, 5.41) is 9.79. The van der Waals surface area contributed by atoms with Gasteiger partial charge in [0.2, 0.25) is 0 Å². The Kier molecular flexibility index (Phi) is 5.63. The first kappa shape index (κ1) is 21.3. The molecule has 1 heterocycles. The molecule has 3 aromatic rings. The van der Waals surface area contributed by atoms with Gasteiger partial charge in [0.25, 0.3) is 0 Å². The largest absolute Gasteiger partial charge is 0.481 e. The maximum Gasteiger partial charge on any atom is 0.409 e. The van der Waals surface area contributed by atoms with E-state index in [4.69, 9.17) is 4.74 Å². The van der Waals surface area contributed by atoms with E-state index < -0.39 is 18.0 Å². The predicted octanol–water partition coefficient (Wildman–Crippen LogP) is 5.30. The van der Waals surface area contributed by atoms with Crippen LogP contribution < -0.4 is 0 Å². The summed E-state index contributed by atoms with van der Waals surface area (Å²) in [5.41, 5.74) is 6.83. The molecule has 33 heavy (non-hydrogen) atoms. The van der Waals surface area contributed by atoms with E-state index in [-0.39, 0.29) is 25.0 Å². The van der Waals surface area contributed by atoms with Gasteiger partial charge in [0, 0.05) is 24.9 Å². The number of carboxylic acids is 1. The van der Waals surface area contributed by atoms with Gasteiger partial charge in [0.1, 0.15) is 6.61 Å². The second-order valence-electron chi connectivity index (χ2n) is 8.86. The summed E-state index contributed by atoms with van der Waals surface area (Å²) in [4.78, 5) is 26.5. The van der Waals surface area contributed by atoms with Gasteiger partial charge < -0.3 is 14.7 Å². The Morgan fingerprint density at radius 3 is 2.09 bits per heavy atom. The van der Waals surface area contributed by atoms with Gasteiger partial charge in [0.15, 0.2) is 0 Å². The molecule has 5 nitrogen and oxygen atoms in total. The number of benzene rings is 3. The molecule has 1 fully saturated rings. The van der Waals surface area contributed by atoms with Crippen molar-refractivity contribution in [2.75, 3.05) is 19.7 Å². The third kappa shape index (κ3) is 3.88. The van der Waals surface area contributed by atoms with Crippen molar-refractivity contribution in [1.82, 2.24) is 4.90 Å². The maximum absolute atomic E-state index is 13.0. The van der Waals surface area contributed by atoms with Crippen LogP contribution in [0.15, 0.2) is 72.8 Å². The highest BCUT2D eigenvalue weighted by Crippen LogP contribution is 2.44. The SMILES string of the molecule is CCc1ccc(C2CN(C(=O)OCC3c4ccccc4-c4ccccc43)CC2C(=O)O)cc1. The lowest BCUT2D eigenvalue weighted by Gasteiger charge is -2.19. The average Bonchev–Trinajstić information content (AvgIpc) is 3.43. The summed E-state index contributed by atoms with van der Waals surface area (Å²) in [6.07, 6.45) is 0.481. The van der Waals surface area contributed by atoms with E-state index in [1.54, 1.807) is 4.90 Å². The van der Waals surface area contributed by atoms with Gasteiger partial charge in [0.05, 0.1) is 5.92 Å². The van der Waals surface area contributed by atoms with Crippen LogP contribution in [0.25, 0.3) is 11.1 Å². The summed E-state index contributed by atoms with van der Waals surface area (Å²) in [7, 11) is 0. The number of nitrogens with zero attached hydrogens (tertiary/aromatic N) is 1. The third-order valence-electron chi connectivity index (χ3n) is 7.05. The molecular formula is C28H27NO4. The number of carbonyl (C=O) groups excluding carboxylic acids is 1. The number of aryl methyl sites for hydroxylation is 1. The summed E-state index contributed by atoms with van der Waals surface area (Å²) >= 11 is 0. The fourth-order valence-electron chi connectivity index (χ4n) is 5.23. The highest BCUT2D eigenvalue weighted by Gasteiger charge is 2.41. The molecule has 2 atom stereocenters. The van der Waals surface area contributed by atoms with Crippen LogP contribution in [-0.4, -0.2) is 41.8 Å². The number of hydrogen-bond donors (Lipinski definition) is 1. The number of fused-ring (bicyclic) bond motifs is 3. The normalized spacial score (nSPS) is 19.2. The van der Waals surface area contributed by atoms with Crippen LogP contribution in [0.5, 0.6) is 0 Å². The minimum Gasteiger partial charge on any atom is -0.481 e. The molecule has 1 N–H and O–H groups in total. The lowest BCUT2D eigenvalue weighted by atomic mass is 9.88. The molecule has 0 saturated carbocycles. The monoisotopic (exact) mass is 441 g/mol. The molecule has 1 amide bonds. The number of hydrogen-bond acceptors (Lipinski definition) is 3. The fourth-order valence-corrected chi connectivity index (χ4v) is 5.23. The number of likely N-dealkylation sites (tertiary alicyclic amines) is 1. The molecular weight excluding hydrogens is 414 g/mol. The van der Waals surface area contributed by atoms with E-state index in [0.717, 1.165) is 23.1 Å². The number of ether oxygens (including phenoxy) is 1. The Bertz CT molecular complexity index is 1140. The van der Waals surface area contributed by atoms with Crippen molar-refractivity contribution < 1.29 is 19.4 Å². The molecule has 0 spiro atoms. The van der Waals surface area contributed by atoms with Gasteiger partial charge in [-0.05, 0) is 39.8 Å². The van der Waals surface area contributed by atoms with E-state index in [1.807, 2.05) is 48.5 Å². The number of aliphatic carboxylic acids is 1. The Morgan fingerprint density at radius 2 is 1.52 bits per heavy atom. The molecule has 168 valence electrons. The van der Waals surface area contributed by atoms with Crippen molar-refractivity contribution in [2.45, 2.75) is 25.2 Å². The topological polar surface area (TPSA) is 66.8 Å². The molecule has 0 radical (unpaired) electrons. The number of carbonyl (C=O) groups is 2. The first-order valence-corrected chi connectivity index (χ1v) is 11.5. The number of carboxylic acid groups (broad SMARTS) is 1. The number of amides is 1. The quantitative estimate of drug-likeness (QED) is 0.584. The number of rotatable bonds is 5. The zero-order chi connectivity index (χ0) is 22.9. The standard InChI is InChI=1S/C28H27NO4/c1-2-18-11-13-19(14-12-18)24-15-29(16-25(24)27(30)31)28(32)33-17-26-22-9-5-3-7-20(22)21-8-4-6-10-23(21)26/h3-14,24-26H,2,15-17H2,1H3,(H,30,31). The average molecular weight is 442 g/mol. The highest BCUT2D eigenvalue weighted by atomic mass is 16.6. The zero-order valence-corrected chi connectivity index (χ0v) is 18.6. The first-order valence-electron chi connectivity index (χ1n) is 11.5. The molecule has 5 rings (SSSR count). The van der Waals surface area contributed by atoms with Crippen LogP contribution in [0.4, 0.5) is 4.79 Å². The summed E-state index contributed by atoms with van der Waals surface area (Å²) in [6, 6.07) is 24.5. The van der Waals surface area contributed by atoms with Crippen LogP contribution >= 0.6 is 0 Å². The van der Waals surface area contributed by atoms with Crippen LogP contribution in [0.2, 0.25) is 0 Å². The van der Waals surface area contributed by atoms with Crippen LogP contribution in [0.1, 0.15) is 41.0 Å². The highest BCUT2D eigenvalue weighted by molar-refractivity contribution is 5.79. The molecule has 2 unspecified atom stereocenters. The Hall–Kier alpha value is -3.60. The molecule has 0 bridgehead atoms. The molecule has 0 aromatic heterocycles. The van der Waals surface area contributed by atoms with Crippen molar-refractivity contribution in [3.05, 3.63) is 95.1 Å². The van der Waals surface area contributed by atoms with E-state index >= 15 is 0 Å². The van der Waals surface area contributed by atoms with Crippen LogP contribution in [0.3, 0.4) is 0 Å². The van der Waals surface area contributed by atoms with E-state index in [2.05, 4.69) is 31.2 Å². The Balaban J connectivity index is 1.31. The Morgan fingerprint density at radius 1 is 0.909 bits per heavy atom. The second kappa shape index (κ2) is 8.74. The van der Waals surface area contributed by atoms with Gasteiger partial charge in [-0.15, -0.1) is 0 Å². The molecule has 1 aliphatic heterocycles. The van der Waals surface area contributed by atoms with E-state index in [9.17, 15) is 14.7 Å². The molecule has 3 aromatic carbocycles. The third-order valence-corrected chi connectivity index (χ3v) is 7.05. The van der Waals surface area contributed by atoms with Crippen LogP contribution in [0, 0.1) is 5.92 Å². The summed E-state index contributed by atoms with van der Waals surface area (Å²) in [5.74, 6) is -1.78. The minimum absolute atomic E-state index is 0.0170. The predicted molar refractivity (Wildman–Crippen MR) is 126 cm³/mol. The zero-order valence-electron chi connectivity index (χ0n) is 18.6. The van der Waals surface area contributed by atoms with Crippen molar-refractivity contribution >= 4 is 12.1 Å². The second-order valence-corrected chi connectivity index (χ2v) is 8.86. The van der Waals surface area contributed by atoms with Gasteiger partial charge in [-0.1, -0.05) is 79.7 Å². The Labute approximate surface area is 193 Å². The molecule has 5 heteroatoms. The fraction of sp³-hybridized carbons (Fsp3) is 0.286. The summed E-state index contributed by atoms with van der Waals surface area (Å²) in [6.45, 7) is 2.83. The lowest BCUT2D eigenvalue weighted by molar-refractivity contribution is -0.141. The first-order chi connectivity index (χ1) is 16.1. The summed E-state index contributed by atoms with van der Waals surface area (Å²) < 4.78 is 5.77. The minimum atomic E-state index is -0.881. The van der Waals surface area contributed by atoms with Gasteiger partial charge in [-0.3, -0.25) is 4.79 Å². The van der Waals surface area contributed by atoms with Gasteiger partial charge in [-0.25, -0.2) is 4.79 Å². The maximum atomic E-state index is 13.0. The van der Waals surface area contributed by atoms with E-state index in [0.29, 0.717) is 6.54 Å². The van der Waals surface area contributed by atoms with E-state index in [1.165, 1.54) is 16.7 Å². The van der Waals surface area contributed by atoms with Crippen molar-refractivity contribution in [3.8, 4) is 11.1 Å². The van der Waals surface area contributed by atoms with Gasteiger partial charge >= 0.3 is 12.1 Å². The molecule has 1 saturated heterocycles. The van der Waals surface area contributed by atoms with Crippen molar-refractivity contribution in [1.29, 1.82) is 0 Å².